The summed E-state index contributed by atoms with van der Waals surface area (Å²) in [5, 5.41) is 55.8. The molecule has 0 aliphatic rings. The third kappa shape index (κ3) is 2.66. The van der Waals surface area contributed by atoms with Crippen molar-refractivity contribution in [2.24, 2.45) is 10.2 Å². The fourth-order valence-electron chi connectivity index (χ4n) is 1.53. The Kier molecular flexibility index (Phi) is 3.57. The molecule has 0 saturated heterocycles. The largest absolute Gasteiger partial charge is 0.505 e. The molecule has 0 aliphatic heterocycles. The van der Waals surface area contributed by atoms with Crippen LogP contribution in [0.15, 0.2) is 40.6 Å². The Balaban J connectivity index is 2.51. The van der Waals surface area contributed by atoms with Gasteiger partial charge in [-0.25, -0.2) is 0 Å². The molecule has 0 spiro atoms. The van der Waals surface area contributed by atoms with Gasteiger partial charge >= 0.3 is 5.69 Å². The summed E-state index contributed by atoms with van der Waals surface area (Å²) in [6.45, 7) is 0. The summed E-state index contributed by atoms with van der Waals surface area (Å²) in [4.78, 5) is 9.82. The van der Waals surface area contributed by atoms with Gasteiger partial charge in [-0.05, 0) is 18.2 Å². The minimum absolute atomic E-state index is 0.303. The Morgan fingerprint density at radius 2 is 1.38 bits per heavy atom. The maximum Gasteiger partial charge on any atom is 0.313 e. The van der Waals surface area contributed by atoms with Crippen molar-refractivity contribution in [3.8, 4) is 23.0 Å². The Hall–Kier alpha value is -3.36. The minimum Gasteiger partial charge on any atom is -0.505 e. The van der Waals surface area contributed by atoms with Crippen LogP contribution in [0.5, 0.6) is 23.0 Å². The van der Waals surface area contributed by atoms with Gasteiger partial charge in [0.1, 0.15) is 17.2 Å². The van der Waals surface area contributed by atoms with Crippen molar-refractivity contribution in [1.29, 1.82) is 0 Å². The number of nitro benzene ring substituents is 1. The predicted molar refractivity (Wildman–Crippen MR) is 70.4 cm³/mol. The van der Waals surface area contributed by atoms with E-state index in [0.717, 1.165) is 12.1 Å². The quantitative estimate of drug-likeness (QED) is 0.388. The Labute approximate surface area is 117 Å². The number of benzene rings is 2. The molecule has 0 unspecified atom stereocenters. The highest BCUT2D eigenvalue weighted by Gasteiger charge is 2.20. The number of nitrogens with zero attached hydrogens (tertiary/aromatic N) is 3. The Morgan fingerprint density at radius 1 is 0.857 bits per heavy atom. The normalized spacial score (nSPS) is 10.9. The van der Waals surface area contributed by atoms with Crippen LogP contribution in [0, 0.1) is 10.1 Å². The second-order valence-corrected chi connectivity index (χ2v) is 3.90. The smallest absolute Gasteiger partial charge is 0.313 e. The minimum atomic E-state index is -0.876. The molecule has 2 aromatic rings. The van der Waals surface area contributed by atoms with Crippen LogP contribution in [-0.2, 0) is 0 Å². The summed E-state index contributed by atoms with van der Waals surface area (Å²) in [5.74, 6) is -2.19. The van der Waals surface area contributed by atoms with Gasteiger partial charge in [-0.2, -0.15) is 0 Å². The summed E-state index contributed by atoms with van der Waals surface area (Å²) in [6, 6.07) is 5.71. The van der Waals surface area contributed by atoms with Crippen LogP contribution in [0.25, 0.3) is 0 Å². The van der Waals surface area contributed by atoms with E-state index in [0.29, 0.717) is 0 Å². The molecule has 9 heteroatoms. The molecule has 0 atom stereocenters. The van der Waals surface area contributed by atoms with E-state index in [1.54, 1.807) is 0 Å². The summed E-state index contributed by atoms with van der Waals surface area (Å²) in [7, 11) is 0. The molecular weight excluding hydrogens is 282 g/mol. The van der Waals surface area contributed by atoms with E-state index in [9.17, 15) is 30.5 Å². The molecule has 0 fully saturated rings. The molecule has 0 aromatic heterocycles. The molecule has 0 amide bonds. The first-order valence-corrected chi connectivity index (χ1v) is 5.54. The summed E-state index contributed by atoms with van der Waals surface area (Å²) in [5.41, 5.74) is -1.52. The molecule has 0 aliphatic carbocycles. The number of nitro groups is 1. The number of azo groups is 1. The average molecular weight is 291 g/mol. The van der Waals surface area contributed by atoms with E-state index in [-0.39, 0.29) is 17.2 Å². The fraction of sp³-hybridized carbons (Fsp3) is 0. The Morgan fingerprint density at radius 3 is 1.95 bits per heavy atom. The van der Waals surface area contributed by atoms with Crippen molar-refractivity contribution in [2.75, 3.05) is 0 Å². The van der Waals surface area contributed by atoms with Gasteiger partial charge < -0.3 is 20.4 Å². The zero-order valence-electron chi connectivity index (χ0n) is 10.3. The maximum atomic E-state index is 10.7. The second kappa shape index (κ2) is 5.33. The molecule has 108 valence electrons. The van der Waals surface area contributed by atoms with E-state index in [1.165, 1.54) is 18.2 Å². The lowest BCUT2D eigenvalue weighted by molar-refractivity contribution is -0.385. The highest BCUT2D eigenvalue weighted by atomic mass is 16.6. The lowest BCUT2D eigenvalue weighted by Crippen LogP contribution is -1.88. The summed E-state index contributed by atoms with van der Waals surface area (Å²) in [6.07, 6.45) is 0. The number of hydrogen-bond acceptors (Lipinski definition) is 8. The van der Waals surface area contributed by atoms with Crippen molar-refractivity contribution in [3.63, 3.8) is 0 Å². The molecule has 0 radical (unpaired) electrons. The third-order valence-corrected chi connectivity index (χ3v) is 2.55. The first-order chi connectivity index (χ1) is 9.91. The van der Waals surface area contributed by atoms with Crippen molar-refractivity contribution in [2.45, 2.75) is 0 Å². The molecule has 2 rings (SSSR count). The van der Waals surface area contributed by atoms with Crippen LogP contribution in [0.2, 0.25) is 0 Å². The lowest BCUT2D eigenvalue weighted by atomic mass is 10.2. The molecule has 2 aromatic carbocycles. The molecule has 0 saturated carbocycles. The number of aromatic hydroxyl groups is 4. The van der Waals surface area contributed by atoms with E-state index in [4.69, 9.17) is 0 Å². The van der Waals surface area contributed by atoms with Crippen molar-refractivity contribution in [1.82, 2.24) is 0 Å². The van der Waals surface area contributed by atoms with Crippen molar-refractivity contribution < 1.29 is 25.3 Å². The predicted octanol–water partition coefficient (Wildman–Crippen LogP) is 2.83. The lowest BCUT2D eigenvalue weighted by Gasteiger charge is -2.03. The highest BCUT2D eigenvalue weighted by Crippen LogP contribution is 2.44. The molecule has 4 N–H and O–H groups in total. The summed E-state index contributed by atoms with van der Waals surface area (Å²) >= 11 is 0. The molecule has 0 heterocycles. The topological polar surface area (TPSA) is 149 Å². The maximum absolute atomic E-state index is 10.7. The first-order valence-electron chi connectivity index (χ1n) is 5.54. The molecule has 9 nitrogen and oxygen atoms in total. The van der Waals surface area contributed by atoms with Crippen LogP contribution < -0.4 is 0 Å². The first kappa shape index (κ1) is 14.1. The molecule has 21 heavy (non-hydrogen) atoms. The standard InChI is InChI=1S/C12H9N3O6/c16-7-2-1-3-8(17)10(7)13-14-11-9(18)5-4-6(12(11)19)15(20)21/h1-5,16-19H. The zero-order valence-corrected chi connectivity index (χ0v) is 10.3. The van der Waals surface area contributed by atoms with Gasteiger partial charge in [-0.15, -0.1) is 10.2 Å². The molecule has 0 bridgehead atoms. The SMILES string of the molecule is O=[N+]([O-])c1ccc(O)c(N=Nc2c(O)cccc2O)c1O. The van der Waals surface area contributed by atoms with Crippen LogP contribution in [0.1, 0.15) is 0 Å². The van der Waals surface area contributed by atoms with Crippen LogP contribution in [0.3, 0.4) is 0 Å². The fourth-order valence-corrected chi connectivity index (χ4v) is 1.53. The highest BCUT2D eigenvalue weighted by molar-refractivity contribution is 5.69. The van der Waals surface area contributed by atoms with Gasteiger partial charge in [-0.1, -0.05) is 6.07 Å². The average Bonchev–Trinajstić information content (AvgIpc) is 2.40. The van der Waals surface area contributed by atoms with E-state index in [2.05, 4.69) is 10.2 Å². The van der Waals surface area contributed by atoms with Gasteiger partial charge in [-0.3, -0.25) is 10.1 Å². The van der Waals surface area contributed by atoms with Crippen LogP contribution >= 0.6 is 0 Å². The monoisotopic (exact) mass is 291 g/mol. The van der Waals surface area contributed by atoms with Gasteiger partial charge in [0.25, 0.3) is 0 Å². The van der Waals surface area contributed by atoms with Gasteiger partial charge in [0.05, 0.1) is 4.92 Å². The number of hydrogen-bond donors (Lipinski definition) is 4. The number of rotatable bonds is 3. The Bertz CT molecular complexity index is 724. The third-order valence-electron chi connectivity index (χ3n) is 2.55. The van der Waals surface area contributed by atoms with E-state index in [1.807, 2.05) is 0 Å². The van der Waals surface area contributed by atoms with E-state index >= 15 is 0 Å². The van der Waals surface area contributed by atoms with E-state index < -0.39 is 27.8 Å². The zero-order chi connectivity index (χ0) is 15.6. The van der Waals surface area contributed by atoms with Crippen LogP contribution in [-0.4, -0.2) is 25.3 Å². The van der Waals surface area contributed by atoms with Gasteiger partial charge in [0, 0.05) is 6.07 Å². The van der Waals surface area contributed by atoms with Gasteiger partial charge in [0.15, 0.2) is 11.4 Å². The van der Waals surface area contributed by atoms with Crippen molar-refractivity contribution in [3.05, 3.63) is 40.4 Å². The number of phenols is 4. The van der Waals surface area contributed by atoms with Gasteiger partial charge in [0.2, 0.25) is 5.75 Å². The molecular formula is C12H9N3O6. The second-order valence-electron chi connectivity index (χ2n) is 3.90. The van der Waals surface area contributed by atoms with Crippen LogP contribution in [0.4, 0.5) is 17.1 Å². The summed E-state index contributed by atoms with van der Waals surface area (Å²) < 4.78 is 0. The van der Waals surface area contributed by atoms with Crippen molar-refractivity contribution >= 4 is 17.1 Å². The number of phenolic OH excluding ortho intramolecular Hbond substituents is 4.